The molecule has 1 aliphatic heterocycles. The van der Waals surface area contributed by atoms with Crippen molar-refractivity contribution in [3.8, 4) is 5.75 Å². The average molecular weight is 285 g/mol. The number of halogens is 2. The van der Waals surface area contributed by atoms with E-state index in [0.29, 0.717) is 13.2 Å². The molecule has 1 heterocycles. The van der Waals surface area contributed by atoms with Crippen LogP contribution in [0.25, 0.3) is 0 Å². The van der Waals surface area contributed by atoms with E-state index in [4.69, 9.17) is 9.47 Å². The van der Waals surface area contributed by atoms with E-state index in [-0.39, 0.29) is 30.7 Å². The molecule has 6 heteroatoms. The van der Waals surface area contributed by atoms with Gasteiger partial charge in [-0.2, -0.15) is 0 Å². The van der Waals surface area contributed by atoms with Gasteiger partial charge >= 0.3 is 0 Å². The van der Waals surface area contributed by atoms with Crippen molar-refractivity contribution in [3.63, 3.8) is 0 Å². The first-order valence-corrected chi connectivity index (χ1v) is 6.60. The summed E-state index contributed by atoms with van der Waals surface area (Å²) in [4.78, 5) is 11.8. The summed E-state index contributed by atoms with van der Waals surface area (Å²) >= 11 is 0. The van der Waals surface area contributed by atoms with Crippen LogP contribution in [0.2, 0.25) is 0 Å². The molecule has 0 unspecified atom stereocenters. The van der Waals surface area contributed by atoms with Crippen LogP contribution in [0.5, 0.6) is 5.75 Å². The molecule has 1 fully saturated rings. The predicted octanol–water partition coefficient (Wildman–Crippen LogP) is 1.89. The zero-order valence-electron chi connectivity index (χ0n) is 11.0. The fourth-order valence-electron chi connectivity index (χ4n) is 2.03. The van der Waals surface area contributed by atoms with Crippen LogP contribution in [0.4, 0.5) is 8.78 Å². The summed E-state index contributed by atoms with van der Waals surface area (Å²) in [7, 11) is 0. The minimum absolute atomic E-state index is 0.0216. The third kappa shape index (κ3) is 4.16. The van der Waals surface area contributed by atoms with Gasteiger partial charge in [-0.25, -0.2) is 8.78 Å². The smallest absolute Gasteiger partial charge is 0.223 e. The number of nitrogens with one attached hydrogen (secondary N) is 1. The lowest BCUT2D eigenvalue weighted by atomic mass is 9.99. The standard InChI is InChI=1S/C14H17F2NO3/c15-11-1-2-13(12(16)9-11)20-8-5-17-14(18)10-3-6-19-7-4-10/h1-2,9-10H,3-8H2,(H,17,18). The number of hydrogen-bond donors (Lipinski definition) is 1. The third-order valence-corrected chi connectivity index (χ3v) is 3.14. The van der Waals surface area contributed by atoms with E-state index in [1.807, 2.05) is 0 Å². The van der Waals surface area contributed by atoms with Crippen molar-refractivity contribution in [1.82, 2.24) is 5.32 Å². The Kier molecular flexibility index (Phi) is 5.29. The number of carbonyl (C=O) groups is 1. The van der Waals surface area contributed by atoms with E-state index >= 15 is 0 Å². The van der Waals surface area contributed by atoms with Crippen molar-refractivity contribution in [2.75, 3.05) is 26.4 Å². The van der Waals surface area contributed by atoms with Crippen molar-refractivity contribution in [3.05, 3.63) is 29.8 Å². The van der Waals surface area contributed by atoms with Crippen molar-refractivity contribution in [2.45, 2.75) is 12.8 Å². The minimum Gasteiger partial charge on any atom is -0.489 e. The van der Waals surface area contributed by atoms with Gasteiger partial charge < -0.3 is 14.8 Å². The van der Waals surface area contributed by atoms with E-state index in [9.17, 15) is 13.6 Å². The maximum Gasteiger partial charge on any atom is 0.223 e. The number of rotatable bonds is 5. The lowest BCUT2D eigenvalue weighted by Crippen LogP contribution is -2.36. The Balaban J connectivity index is 1.69. The van der Waals surface area contributed by atoms with Crippen LogP contribution in [0.3, 0.4) is 0 Å². The Labute approximate surface area is 116 Å². The maximum absolute atomic E-state index is 13.3. The molecular formula is C14H17F2NO3. The Morgan fingerprint density at radius 2 is 2.10 bits per heavy atom. The van der Waals surface area contributed by atoms with Crippen LogP contribution >= 0.6 is 0 Å². The zero-order valence-corrected chi connectivity index (χ0v) is 11.0. The van der Waals surface area contributed by atoms with Gasteiger partial charge in [-0.1, -0.05) is 0 Å². The van der Waals surface area contributed by atoms with Crippen LogP contribution < -0.4 is 10.1 Å². The number of amides is 1. The summed E-state index contributed by atoms with van der Waals surface area (Å²) in [6.45, 7) is 1.63. The van der Waals surface area contributed by atoms with Crippen LogP contribution in [0.15, 0.2) is 18.2 Å². The van der Waals surface area contributed by atoms with E-state index in [1.54, 1.807) is 0 Å². The molecule has 0 radical (unpaired) electrons. The third-order valence-electron chi connectivity index (χ3n) is 3.14. The lowest BCUT2D eigenvalue weighted by Gasteiger charge is -2.21. The molecule has 2 rings (SSSR count). The first-order chi connectivity index (χ1) is 9.66. The summed E-state index contributed by atoms with van der Waals surface area (Å²) < 4.78 is 36.3. The monoisotopic (exact) mass is 285 g/mol. The zero-order chi connectivity index (χ0) is 14.4. The molecule has 0 spiro atoms. The second-order valence-corrected chi connectivity index (χ2v) is 4.60. The molecule has 0 atom stereocenters. The SMILES string of the molecule is O=C(NCCOc1ccc(F)cc1F)C1CCOCC1. The number of hydrogen-bond acceptors (Lipinski definition) is 3. The van der Waals surface area contributed by atoms with Gasteiger partial charge in [0.25, 0.3) is 0 Å². The highest BCUT2D eigenvalue weighted by atomic mass is 19.1. The fourth-order valence-corrected chi connectivity index (χ4v) is 2.03. The van der Waals surface area contributed by atoms with Crippen molar-refractivity contribution in [1.29, 1.82) is 0 Å². The highest BCUT2D eigenvalue weighted by Crippen LogP contribution is 2.17. The van der Waals surface area contributed by atoms with Crippen molar-refractivity contribution in [2.24, 2.45) is 5.92 Å². The molecule has 4 nitrogen and oxygen atoms in total. The van der Waals surface area contributed by atoms with Gasteiger partial charge in [0.1, 0.15) is 12.4 Å². The Morgan fingerprint density at radius 3 is 2.80 bits per heavy atom. The van der Waals surface area contributed by atoms with Gasteiger partial charge in [-0.3, -0.25) is 4.79 Å². The molecular weight excluding hydrogens is 268 g/mol. The number of benzene rings is 1. The minimum atomic E-state index is -0.749. The van der Waals surface area contributed by atoms with E-state index < -0.39 is 11.6 Å². The largest absolute Gasteiger partial charge is 0.489 e. The van der Waals surface area contributed by atoms with Gasteiger partial charge in [-0.05, 0) is 25.0 Å². The molecule has 0 bridgehead atoms. The second-order valence-electron chi connectivity index (χ2n) is 4.60. The molecule has 0 aromatic heterocycles. The van der Waals surface area contributed by atoms with E-state index in [2.05, 4.69) is 5.32 Å². The summed E-state index contributed by atoms with van der Waals surface area (Å²) in [5.74, 6) is -1.47. The number of ether oxygens (including phenoxy) is 2. The predicted molar refractivity (Wildman–Crippen MR) is 68.4 cm³/mol. The van der Waals surface area contributed by atoms with E-state index in [0.717, 1.165) is 25.0 Å². The van der Waals surface area contributed by atoms with Crippen molar-refractivity contribution >= 4 is 5.91 Å². The Bertz CT molecular complexity index is 462. The van der Waals surface area contributed by atoms with Gasteiger partial charge in [0.05, 0.1) is 6.54 Å². The highest BCUT2D eigenvalue weighted by Gasteiger charge is 2.20. The average Bonchev–Trinajstić information content (AvgIpc) is 2.46. The van der Waals surface area contributed by atoms with Gasteiger partial charge in [0.2, 0.25) is 5.91 Å². The quantitative estimate of drug-likeness (QED) is 0.840. The first kappa shape index (κ1) is 14.7. The summed E-state index contributed by atoms with van der Waals surface area (Å²) in [5.41, 5.74) is 0. The molecule has 110 valence electrons. The molecule has 0 saturated carbocycles. The normalized spacial score (nSPS) is 15.9. The highest BCUT2D eigenvalue weighted by molar-refractivity contribution is 5.78. The molecule has 1 amide bonds. The van der Waals surface area contributed by atoms with Crippen LogP contribution in [-0.4, -0.2) is 32.3 Å². The van der Waals surface area contributed by atoms with Gasteiger partial charge in [-0.15, -0.1) is 0 Å². The summed E-state index contributed by atoms with van der Waals surface area (Å²) in [5, 5.41) is 2.74. The van der Waals surface area contributed by atoms with Crippen molar-refractivity contribution < 1.29 is 23.0 Å². The lowest BCUT2D eigenvalue weighted by molar-refractivity contribution is -0.127. The Morgan fingerprint density at radius 1 is 1.35 bits per heavy atom. The van der Waals surface area contributed by atoms with Gasteiger partial charge in [0, 0.05) is 25.2 Å². The van der Waals surface area contributed by atoms with Crippen LogP contribution in [-0.2, 0) is 9.53 Å². The Hall–Kier alpha value is -1.69. The van der Waals surface area contributed by atoms with Crippen LogP contribution in [0, 0.1) is 17.6 Å². The maximum atomic E-state index is 13.3. The molecule has 20 heavy (non-hydrogen) atoms. The molecule has 1 N–H and O–H groups in total. The topological polar surface area (TPSA) is 47.6 Å². The first-order valence-electron chi connectivity index (χ1n) is 6.60. The van der Waals surface area contributed by atoms with Gasteiger partial charge in [0.15, 0.2) is 11.6 Å². The van der Waals surface area contributed by atoms with E-state index in [1.165, 1.54) is 6.07 Å². The molecule has 1 aliphatic rings. The summed E-state index contributed by atoms with van der Waals surface area (Å²) in [6, 6.07) is 3.11. The number of carbonyl (C=O) groups excluding carboxylic acids is 1. The molecule has 1 saturated heterocycles. The second kappa shape index (κ2) is 7.19. The van der Waals surface area contributed by atoms with Crippen LogP contribution in [0.1, 0.15) is 12.8 Å². The summed E-state index contributed by atoms with van der Waals surface area (Å²) in [6.07, 6.45) is 1.44. The fraction of sp³-hybridized carbons (Fsp3) is 0.500. The molecule has 1 aromatic carbocycles. The molecule has 0 aliphatic carbocycles. The molecule has 1 aromatic rings.